The van der Waals surface area contributed by atoms with E-state index in [4.69, 9.17) is 16.3 Å². The van der Waals surface area contributed by atoms with Gasteiger partial charge in [-0.15, -0.1) is 0 Å². The van der Waals surface area contributed by atoms with E-state index >= 15 is 0 Å². The second-order valence-electron chi connectivity index (χ2n) is 7.94. The molecule has 2 aromatic carbocycles. The number of ether oxygens (including phenoxy) is 1. The van der Waals surface area contributed by atoms with Crippen LogP contribution in [0.15, 0.2) is 65.8 Å². The lowest BCUT2D eigenvalue weighted by Gasteiger charge is -2.15. The monoisotopic (exact) mass is 475 g/mol. The highest BCUT2D eigenvalue weighted by Gasteiger charge is 2.20. The van der Waals surface area contributed by atoms with E-state index in [0.717, 1.165) is 11.1 Å². The number of methoxy groups -OCH3 is 1. The van der Waals surface area contributed by atoms with Crippen LogP contribution < -0.4 is 15.5 Å². The molecule has 4 rings (SSSR count). The smallest absolute Gasteiger partial charge is 0.244 e. The van der Waals surface area contributed by atoms with Crippen LogP contribution in [0.5, 0.6) is 5.75 Å². The zero-order chi connectivity index (χ0) is 24.4. The first-order valence-electron chi connectivity index (χ1n) is 10.5. The summed E-state index contributed by atoms with van der Waals surface area (Å²) < 4.78 is 6.81. The number of benzene rings is 2. The minimum absolute atomic E-state index is 0.0672. The van der Waals surface area contributed by atoms with Gasteiger partial charge in [-0.05, 0) is 49.7 Å². The molecule has 0 saturated carbocycles. The molecule has 34 heavy (non-hydrogen) atoms. The van der Waals surface area contributed by atoms with Gasteiger partial charge in [-0.25, -0.2) is 0 Å². The fraction of sp³-hybridized carbons (Fsp3) is 0.154. The first kappa shape index (κ1) is 23.2. The molecule has 0 aliphatic heterocycles. The van der Waals surface area contributed by atoms with Gasteiger partial charge in [0, 0.05) is 29.8 Å². The van der Waals surface area contributed by atoms with Crippen molar-refractivity contribution in [1.82, 2.24) is 9.55 Å². The van der Waals surface area contributed by atoms with Crippen LogP contribution in [0.3, 0.4) is 0 Å². The fourth-order valence-electron chi connectivity index (χ4n) is 3.80. The number of nitrogens with zero attached hydrogens (tertiary/aromatic N) is 2. The van der Waals surface area contributed by atoms with Gasteiger partial charge in [0.2, 0.25) is 11.3 Å². The first-order chi connectivity index (χ1) is 16.3. The number of halogens is 1. The molecular weight excluding hydrogens is 454 g/mol. The molecule has 2 heterocycles. The Kier molecular flexibility index (Phi) is 6.47. The molecule has 4 aromatic rings. The topological polar surface area (TPSA) is 90.3 Å². The number of carbonyl (C=O) groups excluding carboxylic acids is 2. The number of fused-ring (bicyclic) bond motifs is 1. The number of aryl methyl sites for hydroxylation is 2. The summed E-state index contributed by atoms with van der Waals surface area (Å²) in [4.78, 5) is 43.3. The van der Waals surface area contributed by atoms with Crippen molar-refractivity contribution in [2.24, 2.45) is 0 Å². The number of carbonyl (C=O) groups is 2. The summed E-state index contributed by atoms with van der Waals surface area (Å²) in [6, 6.07) is 11.8. The number of rotatable bonds is 6. The highest BCUT2D eigenvalue weighted by atomic mass is 35.5. The Balaban J connectivity index is 1.81. The van der Waals surface area contributed by atoms with Crippen molar-refractivity contribution in [2.45, 2.75) is 20.4 Å². The standard InChI is InChI=1S/C26H22ClN3O4/c1-15-4-5-21(16(2)10-15)29-24(31)14-30-13-19(25(32)17-6-8-28-9-7-17)26(33)18-11-23(34-3)20(27)12-22(18)30/h4-13H,14H2,1-3H3,(H,29,31). The maximum Gasteiger partial charge on any atom is 0.244 e. The highest BCUT2D eigenvalue weighted by Crippen LogP contribution is 2.29. The molecule has 0 aliphatic carbocycles. The van der Waals surface area contributed by atoms with Crippen molar-refractivity contribution in [1.29, 1.82) is 0 Å². The average Bonchev–Trinajstić information content (AvgIpc) is 2.82. The van der Waals surface area contributed by atoms with Crippen molar-refractivity contribution in [3.63, 3.8) is 0 Å². The number of hydrogen-bond donors (Lipinski definition) is 1. The quantitative estimate of drug-likeness (QED) is 0.413. The maximum absolute atomic E-state index is 13.3. The lowest BCUT2D eigenvalue weighted by atomic mass is 10.0. The molecule has 172 valence electrons. The molecule has 0 fully saturated rings. The summed E-state index contributed by atoms with van der Waals surface area (Å²) in [6.45, 7) is 3.75. The average molecular weight is 476 g/mol. The normalized spacial score (nSPS) is 10.8. The van der Waals surface area contributed by atoms with Gasteiger partial charge < -0.3 is 14.6 Å². The molecule has 0 radical (unpaired) electrons. The zero-order valence-corrected chi connectivity index (χ0v) is 19.6. The maximum atomic E-state index is 13.3. The Labute approximate surface area is 201 Å². The largest absolute Gasteiger partial charge is 0.495 e. The minimum Gasteiger partial charge on any atom is -0.495 e. The second-order valence-corrected chi connectivity index (χ2v) is 8.34. The van der Waals surface area contributed by atoms with Crippen molar-refractivity contribution in [3.05, 3.63) is 98.6 Å². The Bertz CT molecular complexity index is 1480. The molecule has 0 bridgehead atoms. The number of pyridine rings is 2. The van der Waals surface area contributed by atoms with E-state index < -0.39 is 11.2 Å². The van der Waals surface area contributed by atoms with E-state index in [1.54, 1.807) is 10.6 Å². The summed E-state index contributed by atoms with van der Waals surface area (Å²) in [6.07, 6.45) is 4.36. The number of anilines is 1. The van der Waals surface area contributed by atoms with E-state index in [-0.39, 0.29) is 28.4 Å². The summed E-state index contributed by atoms with van der Waals surface area (Å²) in [5.41, 5.74) is 2.90. The molecule has 8 heteroatoms. The Morgan fingerprint density at radius 1 is 1.09 bits per heavy atom. The molecule has 0 unspecified atom stereocenters. The van der Waals surface area contributed by atoms with Crippen molar-refractivity contribution < 1.29 is 14.3 Å². The van der Waals surface area contributed by atoms with Crippen LogP contribution in [-0.4, -0.2) is 28.4 Å². The summed E-state index contributed by atoms with van der Waals surface area (Å²) in [5.74, 6) is -0.482. The van der Waals surface area contributed by atoms with Gasteiger partial charge in [-0.3, -0.25) is 19.4 Å². The van der Waals surface area contributed by atoms with E-state index in [1.807, 2.05) is 32.0 Å². The Morgan fingerprint density at radius 3 is 2.50 bits per heavy atom. The van der Waals surface area contributed by atoms with E-state index in [2.05, 4.69) is 10.3 Å². The minimum atomic E-state index is -0.474. The third-order valence-electron chi connectivity index (χ3n) is 5.51. The number of hydrogen-bond acceptors (Lipinski definition) is 5. The Morgan fingerprint density at radius 2 is 1.82 bits per heavy atom. The predicted molar refractivity (Wildman–Crippen MR) is 132 cm³/mol. The van der Waals surface area contributed by atoms with E-state index in [9.17, 15) is 14.4 Å². The lowest BCUT2D eigenvalue weighted by Crippen LogP contribution is -2.24. The first-order valence-corrected chi connectivity index (χ1v) is 10.9. The molecule has 0 aliphatic rings. The number of nitrogens with one attached hydrogen (secondary N) is 1. The summed E-state index contributed by atoms with van der Waals surface area (Å²) in [5, 5.41) is 3.40. The van der Waals surface area contributed by atoms with Crippen molar-refractivity contribution in [2.75, 3.05) is 12.4 Å². The molecule has 1 amide bonds. The van der Waals surface area contributed by atoms with Crippen LogP contribution in [0, 0.1) is 13.8 Å². The van der Waals surface area contributed by atoms with Gasteiger partial charge in [0.05, 0.1) is 28.6 Å². The van der Waals surface area contributed by atoms with Crippen LogP contribution in [0.25, 0.3) is 10.9 Å². The number of amides is 1. The van der Waals surface area contributed by atoms with Gasteiger partial charge in [0.25, 0.3) is 0 Å². The summed E-state index contributed by atoms with van der Waals surface area (Å²) >= 11 is 6.31. The van der Waals surface area contributed by atoms with Gasteiger partial charge in [-0.2, -0.15) is 0 Å². The zero-order valence-electron chi connectivity index (χ0n) is 18.9. The highest BCUT2D eigenvalue weighted by molar-refractivity contribution is 6.32. The number of ketones is 1. The molecule has 0 saturated heterocycles. The van der Waals surface area contributed by atoms with Crippen LogP contribution in [-0.2, 0) is 11.3 Å². The summed E-state index contributed by atoms with van der Waals surface area (Å²) in [7, 11) is 1.44. The molecule has 1 N–H and O–H groups in total. The number of aromatic nitrogens is 2. The van der Waals surface area contributed by atoms with Gasteiger partial charge in [-0.1, -0.05) is 29.3 Å². The van der Waals surface area contributed by atoms with Crippen LogP contribution in [0.1, 0.15) is 27.0 Å². The SMILES string of the molecule is COc1cc2c(=O)c(C(=O)c3ccncc3)cn(CC(=O)Nc3ccc(C)cc3C)c2cc1Cl. The van der Waals surface area contributed by atoms with Crippen LogP contribution >= 0.6 is 11.6 Å². The molecule has 0 spiro atoms. The fourth-order valence-corrected chi connectivity index (χ4v) is 4.03. The van der Waals surface area contributed by atoms with Crippen LogP contribution in [0.4, 0.5) is 5.69 Å². The molecular formula is C26H22ClN3O4. The van der Waals surface area contributed by atoms with Gasteiger partial charge in [0.1, 0.15) is 12.3 Å². The third-order valence-corrected chi connectivity index (χ3v) is 5.81. The van der Waals surface area contributed by atoms with Gasteiger partial charge >= 0.3 is 0 Å². The van der Waals surface area contributed by atoms with Crippen molar-refractivity contribution >= 4 is 39.9 Å². The second kappa shape index (κ2) is 9.49. The van der Waals surface area contributed by atoms with E-state index in [1.165, 1.54) is 43.9 Å². The molecule has 7 nitrogen and oxygen atoms in total. The third kappa shape index (κ3) is 4.56. The molecule has 2 aromatic heterocycles. The van der Waals surface area contributed by atoms with Crippen molar-refractivity contribution in [3.8, 4) is 5.75 Å². The van der Waals surface area contributed by atoms with Crippen LogP contribution in [0.2, 0.25) is 5.02 Å². The van der Waals surface area contributed by atoms with Gasteiger partial charge in [0.15, 0.2) is 5.78 Å². The lowest BCUT2D eigenvalue weighted by molar-refractivity contribution is -0.116. The Hall–Kier alpha value is -3.97. The molecule has 0 atom stereocenters. The van der Waals surface area contributed by atoms with E-state index in [0.29, 0.717) is 22.5 Å². The predicted octanol–water partition coefficient (Wildman–Crippen LogP) is 4.55.